The maximum absolute atomic E-state index is 9.10. The van der Waals surface area contributed by atoms with E-state index in [1.165, 1.54) is 19.3 Å². The zero-order valence-corrected chi connectivity index (χ0v) is 10.9. The molecule has 0 aromatic rings. The number of fused-ring (bicyclic) bond motifs is 2. The summed E-state index contributed by atoms with van der Waals surface area (Å²) in [4.78, 5) is 18.2. The second-order valence-corrected chi connectivity index (χ2v) is 4.10. The second-order valence-electron chi connectivity index (χ2n) is 4.10. The maximum atomic E-state index is 9.10. The van der Waals surface area contributed by atoms with Gasteiger partial charge in [-0.15, -0.1) is 0 Å². The van der Waals surface area contributed by atoms with Gasteiger partial charge in [-0.3, -0.25) is 0 Å². The Kier molecular flexibility index (Phi) is 6.15. The van der Waals surface area contributed by atoms with E-state index in [1.807, 2.05) is 0 Å². The topological polar surface area (TPSA) is 127 Å². The molecule has 4 atom stereocenters. The van der Waals surface area contributed by atoms with Gasteiger partial charge in [0.25, 0.3) is 0 Å². The van der Waals surface area contributed by atoms with E-state index in [0.29, 0.717) is 12.1 Å². The van der Waals surface area contributed by atoms with Crippen molar-refractivity contribution in [2.45, 2.75) is 31.3 Å². The summed E-state index contributed by atoms with van der Waals surface area (Å²) in [6, 6.07) is 0.646. The standard InChI is InChI=1S/C7H14N2.C2H2O4.Pt/c8-6-4-1-2-5(3-4)7(6)9;3-1(4)2(5)6;/h4-7H,1-3,8-9H2;(H,3,4)(H,5,6);/t4-,5+,6?,7?;;. The Bertz CT molecular complexity index is 244. The van der Waals surface area contributed by atoms with Crippen LogP contribution in [0, 0.1) is 11.8 Å². The summed E-state index contributed by atoms with van der Waals surface area (Å²) in [6.45, 7) is 0. The predicted octanol–water partition coefficient (Wildman–Crippen LogP) is -0.776. The number of carboxylic acid groups (broad SMARTS) is 2. The fraction of sp³-hybridized carbons (Fsp3) is 0.778. The van der Waals surface area contributed by atoms with Crippen molar-refractivity contribution in [1.82, 2.24) is 0 Å². The molecule has 2 fully saturated rings. The molecule has 0 spiro atoms. The third kappa shape index (κ3) is 3.54. The summed E-state index contributed by atoms with van der Waals surface area (Å²) in [6.07, 6.45) is 3.97. The molecule has 0 heterocycles. The van der Waals surface area contributed by atoms with E-state index in [4.69, 9.17) is 31.3 Å². The van der Waals surface area contributed by atoms with Crippen LogP contribution >= 0.6 is 0 Å². The van der Waals surface area contributed by atoms with Gasteiger partial charge < -0.3 is 21.7 Å². The third-order valence-corrected chi connectivity index (χ3v) is 3.23. The number of aliphatic carboxylic acids is 2. The summed E-state index contributed by atoms with van der Waals surface area (Å²) >= 11 is 0. The Morgan fingerprint density at radius 3 is 1.38 bits per heavy atom. The molecule has 2 aliphatic rings. The average molecular weight is 411 g/mol. The van der Waals surface area contributed by atoms with Crippen LogP contribution in [0.25, 0.3) is 0 Å². The van der Waals surface area contributed by atoms with Crippen molar-refractivity contribution in [3.8, 4) is 0 Å². The van der Waals surface area contributed by atoms with Crippen LogP contribution in [0.15, 0.2) is 0 Å². The number of hydrogen-bond acceptors (Lipinski definition) is 4. The Morgan fingerprint density at radius 2 is 1.25 bits per heavy atom. The molecule has 0 aromatic carbocycles. The normalized spacial score (nSPS) is 34.6. The monoisotopic (exact) mass is 411 g/mol. The van der Waals surface area contributed by atoms with Crippen molar-refractivity contribution in [3.63, 3.8) is 0 Å². The molecule has 2 saturated carbocycles. The molecule has 0 aliphatic heterocycles. The van der Waals surface area contributed by atoms with E-state index in [9.17, 15) is 0 Å². The molecule has 0 radical (unpaired) electrons. The van der Waals surface area contributed by atoms with Crippen molar-refractivity contribution in [2.75, 3.05) is 0 Å². The second kappa shape index (κ2) is 6.32. The first-order valence-electron chi connectivity index (χ1n) is 4.91. The van der Waals surface area contributed by atoms with Gasteiger partial charge in [0.1, 0.15) is 0 Å². The molecule has 6 nitrogen and oxygen atoms in total. The molecule has 6 N–H and O–H groups in total. The van der Waals surface area contributed by atoms with E-state index in [1.54, 1.807) is 0 Å². The molecule has 2 unspecified atom stereocenters. The van der Waals surface area contributed by atoms with Crippen LogP contribution < -0.4 is 11.5 Å². The van der Waals surface area contributed by atoms with E-state index in [2.05, 4.69) is 0 Å². The largest absolute Gasteiger partial charge is 0.473 e. The zero-order chi connectivity index (χ0) is 11.6. The zero-order valence-electron chi connectivity index (χ0n) is 8.61. The Labute approximate surface area is 108 Å². The van der Waals surface area contributed by atoms with Crippen LogP contribution in [0.1, 0.15) is 19.3 Å². The summed E-state index contributed by atoms with van der Waals surface area (Å²) < 4.78 is 0. The van der Waals surface area contributed by atoms with E-state index in [-0.39, 0.29) is 21.1 Å². The van der Waals surface area contributed by atoms with Crippen molar-refractivity contribution < 1.29 is 40.9 Å². The molecule has 16 heavy (non-hydrogen) atoms. The van der Waals surface area contributed by atoms with Crippen molar-refractivity contribution in [3.05, 3.63) is 0 Å². The molecule has 96 valence electrons. The number of nitrogens with two attached hydrogens (primary N) is 2. The minimum Gasteiger partial charge on any atom is -0.473 e. The third-order valence-electron chi connectivity index (χ3n) is 3.23. The van der Waals surface area contributed by atoms with Crippen molar-refractivity contribution in [1.29, 1.82) is 0 Å². The Balaban J connectivity index is 0.000000289. The smallest absolute Gasteiger partial charge is 0.414 e. The van der Waals surface area contributed by atoms with E-state index < -0.39 is 11.9 Å². The molecule has 2 aliphatic carbocycles. The van der Waals surface area contributed by atoms with Crippen LogP contribution in [-0.2, 0) is 30.7 Å². The van der Waals surface area contributed by atoms with Crippen molar-refractivity contribution >= 4 is 11.9 Å². The fourth-order valence-corrected chi connectivity index (χ4v) is 2.38. The molecule has 2 bridgehead atoms. The Morgan fingerprint density at radius 1 is 0.938 bits per heavy atom. The van der Waals surface area contributed by atoms with Crippen LogP contribution in [0.5, 0.6) is 0 Å². The fourth-order valence-electron chi connectivity index (χ4n) is 2.38. The Hall–Kier alpha value is -0.452. The molecule has 7 heteroatoms. The van der Waals surface area contributed by atoms with E-state index >= 15 is 0 Å². The summed E-state index contributed by atoms with van der Waals surface area (Å²) in [7, 11) is 0. The van der Waals surface area contributed by atoms with Gasteiger partial charge in [-0.2, -0.15) is 0 Å². The van der Waals surface area contributed by atoms with Crippen LogP contribution in [0.2, 0.25) is 0 Å². The maximum Gasteiger partial charge on any atom is 0.414 e. The van der Waals surface area contributed by atoms with Gasteiger partial charge in [-0.05, 0) is 31.1 Å². The van der Waals surface area contributed by atoms with E-state index in [0.717, 1.165) is 11.8 Å². The first kappa shape index (κ1) is 15.5. The van der Waals surface area contributed by atoms with Gasteiger partial charge >= 0.3 is 11.9 Å². The average Bonchev–Trinajstić information content (AvgIpc) is 2.72. The first-order valence-corrected chi connectivity index (χ1v) is 4.91. The molecule has 0 saturated heterocycles. The van der Waals surface area contributed by atoms with Gasteiger partial charge in [0.2, 0.25) is 0 Å². The minimum absolute atomic E-state index is 0. The predicted molar refractivity (Wildman–Crippen MR) is 52.1 cm³/mol. The molecular formula is C9H16N2O4Pt. The van der Waals surface area contributed by atoms with Gasteiger partial charge in [-0.25, -0.2) is 9.59 Å². The SMILES string of the molecule is NC1C(N)[C@H]2CC[C@@H]1C2.O=C(O)C(=O)O.[Pt]. The quantitative estimate of drug-likeness (QED) is 0.388. The first-order chi connectivity index (χ1) is 6.93. The minimum atomic E-state index is -1.82. The van der Waals surface area contributed by atoms with Crippen LogP contribution in [0.4, 0.5) is 0 Å². The number of hydrogen-bond donors (Lipinski definition) is 4. The number of carbonyl (C=O) groups is 2. The molecule has 0 aromatic heterocycles. The summed E-state index contributed by atoms with van der Waals surface area (Å²) in [5, 5.41) is 14.8. The van der Waals surface area contributed by atoms with Gasteiger partial charge in [0.05, 0.1) is 0 Å². The summed E-state index contributed by atoms with van der Waals surface area (Å²) in [5.74, 6) is -2.11. The number of rotatable bonds is 0. The molecular weight excluding hydrogens is 395 g/mol. The summed E-state index contributed by atoms with van der Waals surface area (Å²) in [5.41, 5.74) is 11.7. The van der Waals surface area contributed by atoms with Gasteiger partial charge in [-0.1, -0.05) is 0 Å². The van der Waals surface area contributed by atoms with Gasteiger partial charge in [0.15, 0.2) is 0 Å². The number of carboxylic acids is 2. The van der Waals surface area contributed by atoms with Crippen LogP contribution in [-0.4, -0.2) is 34.2 Å². The molecule has 0 amide bonds. The van der Waals surface area contributed by atoms with Gasteiger partial charge in [0, 0.05) is 33.1 Å². The van der Waals surface area contributed by atoms with Crippen molar-refractivity contribution in [2.24, 2.45) is 23.3 Å². The molecule has 2 rings (SSSR count). The van der Waals surface area contributed by atoms with Crippen LogP contribution in [0.3, 0.4) is 0 Å².